The molecule has 3 atom stereocenters. The van der Waals surface area contributed by atoms with Gasteiger partial charge in [0, 0.05) is 12.2 Å². The summed E-state index contributed by atoms with van der Waals surface area (Å²) in [5.41, 5.74) is 8.36. The molecule has 3 heterocycles. The van der Waals surface area contributed by atoms with Gasteiger partial charge in [-0.3, -0.25) is 19.5 Å². The van der Waals surface area contributed by atoms with Gasteiger partial charge in [-0.15, -0.1) is 0 Å². The molecule has 2 fully saturated rings. The number of primary amides is 1. The van der Waals surface area contributed by atoms with E-state index >= 15 is 0 Å². The number of aromatic amines is 1. The molecule has 2 saturated heterocycles. The lowest BCUT2D eigenvalue weighted by Gasteiger charge is -2.40. The summed E-state index contributed by atoms with van der Waals surface area (Å²) >= 11 is 0. The standard InChI is InChI=1S/C20H23N5O3/c1-11-17(12(2)23-22-11)20(28)24-9-14-8-15(19(21)27)18(25(14)16(26)10-24)13-6-4-3-5-7-13/h3-7,14-15,18H,8-10H2,1-2H3,(H2,21,27)(H,22,23)/t14-,15-,18-/m1/s1. The van der Waals surface area contributed by atoms with E-state index in [4.69, 9.17) is 5.73 Å². The Kier molecular flexibility index (Phi) is 4.41. The first-order valence-electron chi connectivity index (χ1n) is 9.34. The fourth-order valence-electron chi connectivity index (χ4n) is 4.54. The van der Waals surface area contributed by atoms with E-state index in [0.29, 0.717) is 29.9 Å². The van der Waals surface area contributed by atoms with Crippen LogP contribution in [0, 0.1) is 19.8 Å². The summed E-state index contributed by atoms with van der Waals surface area (Å²) in [5.74, 6) is -1.27. The van der Waals surface area contributed by atoms with Crippen molar-refractivity contribution in [2.45, 2.75) is 32.4 Å². The molecule has 28 heavy (non-hydrogen) atoms. The molecular weight excluding hydrogens is 358 g/mol. The molecule has 146 valence electrons. The molecular formula is C20H23N5O3. The van der Waals surface area contributed by atoms with Crippen LogP contribution in [-0.4, -0.2) is 56.9 Å². The highest BCUT2D eigenvalue weighted by Crippen LogP contribution is 2.42. The van der Waals surface area contributed by atoms with Crippen LogP contribution >= 0.6 is 0 Å². The monoisotopic (exact) mass is 381 g/mol. The number of hydrogen-bond acceptors (Lipinski definition) is 4. The molecule has 0 aliphatic carbocycles. The van der Waals surface area contributed by atoms with Gasteiger partial charge in [-0.1, -0.05) is 30.3 Å². The topological polar surface area (TPSA) is 112 Å². The van der Waals surface area contributed by atoms with E-state index in [1.807, 2.05) is 30.3 Å². The third-order valence-corrected chi connectivity index (χ3v) is 5.78. The second-order valence-electron chi connectivity index (χ2n) is 7.55. The van der Waals surface area contributed by atoms with Gasteiger partial charge in [-0.05, 0) is 25.8 Å². The van der Waals surface area contributed by atoms with E-state index in [1.165, 1.54) is 0 Å². The van der Waals surface area contributed by atoms with Crippen LogP contribution in [0.3, 0.4) is 0 Å². The van der Waals surface area contributed by atoms with Gasteiger partial charge in [-0.25, -0.2) is 0 Å². The number of rotatable bonds is 3. The molecule has 1 aromatic heterocycles. The largest absolute Gasteiger partial charge is 0.369 e. The summed E-state index contributed by atoms with van der Waals surface area (Å²) in [7, 11) is 0. The third kappa shape index (κ3) is 2.85. The molecule has 0 bridgehead atoms. The Labute approximate surface area is 162 Å². The molecule has 2 aliphatic heterocycles. The van der Waals surface area contributed by atoms with Crippen molar-refractivity contribution in [2.24, 2.45) is 11.7 Å². The molecule has 0 unspecified atom stereocenters. The number of piperazine rings is 1. The van der Waals surface area contributed by atoms with E-state index in [-0.39, 0.29) is 30.4 Å². The molecule has 1 aromatic carbocycles. The Bertz CT molecular complexity index is 919. The quantitative estimate of drug-likeness (QED) is 0.823. The van der Waals surface area contributed by atoms with E-state index in [9.17, 15) is 14.4 Å². The van der Waals surface area contributed by atoms with Crippen LogP contribution in [0.25, 0.3) is 0 Å². The average Bonchev–Trinajstić information content (AvgIpc) is 3.22. The normalized spacial score (nSPS) is 24.4. The van der Waals surface area contributed by atoms with E-state index in [0.717, 1.165) is 5.56 Å². The Morgan fingerprint density at radius 3 is 2.54 bits per heavy atom. The van der Waals surface area contributed by atoms with Gasteiger partial charge >= 0.3 is 0 Å². The zero-order chi connectivity index (χ0) is 20.0. The zero-order valence-corrected chi connectivity index (χ0v) is 15.9. The summed E-state index contributed by atoms with van der Waals surface area (Å²) in [6.45, 7) is 3.91. The molecule has 0 saturated carbocycles. The number of benzene rings is 1. The minimum atomic E-state index is -0.469. The van der Waals surface area contributed by atoms with Crippen LogP contribution in [0.15, 0.2) is 30.3 Å². The number of aromatic nitrogens is 2. The Balaban J connectivity index is 1.64. The maximum atomic E-state index is 13.0. The van der Waals surface area contributed by atoms with Crippen molar-refractivity contribution in [3.05, 3.63) is 52.8 Å². The van der Waals surface area contributed by atoms with Crippen LogP contribution < -0.4 is 5.73 Å². The summed E-state index contributed by atoms with van der Waals surface area (Å²) in [6.07, 6.45) is 0.452. The van der Waals surface area contributed by atoms with E-state index < -0.39 is 11.8 Å². The number of H-pyrrole nitrogens is 1. The molecule has 3 amide bonds. The molecule has 2 aliphatic rings. The van der Waals surface area contributed by atoms with Gasteiger partial charge < -0.3 is 15.5 Å². The van der Waals surface area contributed by atoms with Gasteiger partial charge in [0.15, 0.2) is 0 Å². The summed E-state index contributed by atoms with van der Waals surface area (Å²) in [4.78, 5) is 41.5. The first-order valence-corrected chi connectivity index (χ1v) is 9.34. The van der Waals surface area contributed by atoms with Crippen LogP contribution in [0.2, 0.25) is 0 Å². The minimum Gasteiger partial charge on any atom is -0.369 e. The fraction of sp³-hybridized carbons (Fsp3) is 0.400. The van der Waals surface area contributed by atoms with Gasteiger partial charge in [0.1, 0.15) is 6.54 Å². The van der Waals surface area contributed by atoms with Crippen molar-refractivity contribution in [3.63, 3.8) is 0 Å². The fourth-order valence-corrected chi connectivity index (χ4v) is 4.54. The number of hydrogen-bond donors (Lipinski definition) is 2. The first kappa shape index (κ1) is 18.2. The number of carbonyl (C=O) groups excluding carboxylic acids is 3. The Morgan fingerprint density at radius 1 is 1.21 bits per heavy atom. The van der Waals surface area contributed by atoms with Crippen LogP contribution in [-0.2, 0) is 9.59 Å². The lowest BCUT2D eigenvalue weighted by molar-refractivity contribution is -0.139. The number of amides is 3. The summed E-state index contributed by atoms with van der Waals surface area (Å²) in [6, 6.07) is 8.86. The highest BCUT2D eigenvalue weighted by atomic mass is 16.2. The van der Waals surface area contributed by atoms with Crippen molar-refractivity contribution in [1.82, 2.24) is 20.0 Å². The summed E-state index contributed by atoms with van der Waals surface area (Å²) in [5, 5.41) is 6.89. The second kappa shape index (κ2) is 6.78. The number of fused-ring (bicyclic) bond motifs is 1. The van der Waals surface area contributed by atoms with Crippen LogP contribution in [0.4, 0.5) is 0 Å². The predicted molar refractivity (Wildman–Crippen MR) is 101 cm³/mol. The highest BCUT2D eigenvalue weighted by molar-refractivity contribution is 5.99. The SMILES string of the molecule is Cc1n[nH]c(C)c1C(=O)N1CC(=O)N2[C@H](C[C@@H](C(N)=O)[C@H]2c2ccccc2)C1. The van der Waals surface area contributed by atoms with E-state index in [1.54, 1.807) is 23.6 Å². The van der Waals surface area contributed by atoms with Crippen molar-refractivity contribution >= 4 is 17.7 Å². The van der Waals surface area contributed by atoms with Crippen molar-refractivity contribution in [2.75, 3.05) is 13.1 Å². The highest BCUT2D eigenvalue weighted by Gasteiger charge is 2.50. The van der Waals surface area contributed by atoms with Crippen LogP contribution in [0.1, 0.15) is 39.8 Å². The van der Waals surface area contributed by atoms with Crippen molar-refractivity contribution < 1.29 is 14.4 Å². The molecule has 0 spiro atoms. The van der Waals surface area contributed by atoms with Gasteiger partial charge in [-0.2, -0.15) is 5.10 Å². The Hall–Kier alpha value is -3.16. The number of carbonyl (C=O) groups is 3. The molecule has 8 nitrogen and oxygen atoms in total. The van der Waals surface area contributed by atoms with E-state index in [2.05, 4.69) is 10.2 Å². The third-order valence-electron chi connectivity index (χ3n) is 5.78. The molecule has 8 heteroatoms. The Morgan fingerprint density at radius 2 is 1.93 bits per heavy atom. The first-order chi connectivity index (χ1) is 13.4. The maximum Gasteiger partial charge on any atom is 0.258 e. The summed E-state index contributed by atoms with van der Waals surface area (Å²) < 4.78 is 0. The van der Waals surface area contributed by atoms with Gasteiger partial charge in [0.05, 0.1) is 29.3 Å². The predicted octanol–water partition coefficient (Wildman–Crippen LogP) is 0.926. The minimum absolute atomic E-state index is 0.0196. The lowest BCUT2D eigenvalue weighted by Crippen LogP contribution is -2.56. The number of nitrogens with zero attached hydrogens (tertiary/aromatic N) is 3. The van der Waals surface area contributed by atoms with Crippen LogP contribution in [0.5, 0.6) is 0 Å². The number of nitrogens with one attached hydrogen (secondary N) is 1. The lowest BCUT2D eigenvalue weighted by atomic mass is 9.92. The van der Waals surface area contributed by atoms with Gasteiger partial charge in [0.2, 0.25) is 11.8 Å². The maximum absolute atomic E-state index is 13.0. The zero-order valence-electron chi connectivity index (χ0n) is 15.9. The molecule has 4 rings (SSSR count). The van der Waals surface area contributed by atoms with Crippen molar-refractivity contribution in [1.29, 1.82) is 0 Å². The molecule has 3 N–H and O–H groups in total. The molecule has 2 aromatic rings. The van der Waals surface area contributed by atoms with Crippen molar-refractivity contribution in [3.8, 4) is 0 Å². The number of nitrogens with two attached hydrogens (primary N) is 1. The number of aryl methyl sites for hydroxylation is 2. The average molecular weight is 381 g/mol. The molecule has 0 radical (unpaired) electrons. The van der Waals surface area contributed by atoms with Gasteiger partial charge in [0.25, 0.3) is 5.91 Å². The smallest absolute Gasteiger partial charge is 0.258 e. The second-order valence-corrected chi connectivity index (χ2v) is 7.55.